The summed E-state index contributed by atoms with van der Waals surface area (Å²) in [5, 5.41) is 2.38. The number of hydrogen-bond acceptors (Lipinski definition) is 1. The van der Waals surface area contributed by atoms with Crippen LogP contribution in [0.1, 0.15) is 55.8 Å². The lowest BCUT2D eigenvalue weighted by atomic mass is 10.0. The molecule has 1 aliphatic carbocycles. The zero-order chi connectivity index (χ0) is 14.7. The SMILES string of the molecule is CCCCCC[C@H]1C[C@@H]1C(=O)c1ccc2ccccc2c1. The van der Waals surface area contributed by atoms with Gasteiger partial charge in [0, 0.05) is 11.5 Å². The molecule has 2 atom stereocenters. The van der Waals surface area contributed by atoms with Gasteiger partial charge in [0.05, 0.1) is 0 Å². The average Bonchev–Trinajstić information content (AvgIpc) is 3.30. The van der Waals surface area contributed by atoms with Crippen molar-refractivity contribution in [1.82, 2.24) is 0 Å². The van der Waals surface area contributed by atoms with Crippen LogP contribution in [0, 0.1) is 11.8 Å². The second-order valence-corrected chi connectivity index (χ2v) is 6.38. The van der Waals surface area contributed by atoms with Crippen molar-refractivity contribution < 1.29 is 4.79 Å². The summed E-state index contributed by atoms with van der Waals surface area (Å²) in [6.07, 6.45) is 7.58. The topological polar surface area (TPSA) is 17.1 Å². The van der Waals surface area contributed by atoms with Gasteiger partial charge >= 0.3 is 0 Å². The molecule has 21 heavy (non-hydrogen) atoms. The summed E-state index contributed by atoms with van der Waals surface area (Å²) in [4.78, 5) is 12.5. The summed E-state index contributed by atoms with van der Waals surface area (Å²) in [6, 6.07) is 14.4. The lowest BCUT2D eigenvalue weighted by Crippen LogP contribution is -2.03. The van der Waals surface area contributed by atoms with Crippen molar-refractivity contribution in [3.05, 3.63) is 48.0 Å². The summed E-state index contributed by atoms with van der Waals surface area (Å²) in [7, 11) is 0. The van der Waals surface area contributed by atoms with Gasteiger partial charge in [0.15, 0.2) is 5.78 Å². The van der Waals surface area contributed by atoms with Gasteiger partial charge in [0.1, 0.15) is 0 Å². The Morgan fingerprint density at radius 1 is 1.05 bits per heavy atom. The van der Waals surface area contributed by atoms with E-state index in [1.165, 1.54) is 42.9 Å². The first-order chi connectivity index (χ1) is 10.3. The summed E-state index contributed by atoms with van der Waals surface area (Å²) in [5.74, 6) is 1.31. The van der Waals surface area contributed by atoms with E-state index in [1.807, 2.05) is 18.2 Å². The number of fused-ring (bicyclic) bond motifs is 1. The molecule has 0 N–H and O–H groups in total. The minimum Gasteiger partial charge on any atom is -0.294 e. The first-order valence-electron chi connectivity index (χ1n) is 8.32. The van der Waals surface area contributed by atoms with Gasteiger partial charge in [-0.2, -0.15) is 0 Å². The average molecular weight is 280 g/mol. The van der Waals surface area contributed by atoms with Crippen LogP contribution < -0.4 is 0 Å². The molecular weight excluding hydrogens is 256 g/mol. The van der Waals surface area contributed by atoms with Gasteiger partial charge in [0.2, 0.25) is 0 Å². The highest BCUT2D eigenvalue weighted by molar-refractivity contribution is 6.02. The van der Waals surface area contributed by atoms with Gasteiger partial charge in [-0.25, -0.2) is 0 Å². The Kier molecular flexibility index (Phi) is 4.38. The van der Waals surface area contributed by atoms with Crippen molar-refractivity contribution in [2.45, 2.75) is 45.4 Å². The standard InChI is InChI=1S/C20H24O/c1-2-3-4-5-10-17-14-19(17)20(21)18-12-11-15-8-6-7-9-16(15)13-18/h6-9,11-13,17,19H,2-5,10,14H2,1H3/t17-,19-/m0/s1. The highest BCUT2D eigenvalue weighted by Crippen LogP contribution is 2.44. The monoisotopic (exact) mass is 280 g/mol. The lowest BCUT2D eigenvalue weighted by molar-refractivity contribution is 0.0960. The van der Waals surface area contributed by atoms with Crippen LogP contribution in [0.5, 0.6) is 0 Å². The Balaban J connectivity index is 1.60. The molecule has 1 saturated carbocycles. The fourth-order valence-electron chi connectivity index (χ4n) is 3.28. The van der Waals surface area contributed by atoms with E-state index in [0.29, 0.717) is 17.6 Å². The van der Waals surface area contributed by atoms with Gasteiger partial charge < -0.3 is 0 Å². The summed E-state index contributed by atoms with van der Waals surface area (Å²) in [5.41, 5.74) is 0.898. The zero-order valence-electron chi connectivity index (χ0n) is 12.8. The van der Waals surface area contributed by atoms with E-state index in [1.54, 1.807) is 0 Å². The molecule has 0 saturated heterocycles. The predicted molar refractivity (Wildman–Crippen MR) is 88.6 cm³/mol. The van der Waals surface area contributed by atoms with Crippen molar-refractivity contribution in [2.75, 3.05) is 0 Å². The first kappa shape index (κ1) is 14.3. The second kappa shape index (κ2) is 6.43. The highest BCUT2D eigenvalue weighted by atomic mass is 16.1. The van der Waals surface area contributed by atoms with Gasteiger partial charge in [-0.05, 0) is 35.6 Å². The number of rotatable bonds is 7. The van der Waals surface area contributed by atoms with Crippen molar-refractivity contribution in [2.24, 2.45) is 11.8 Å². The van der Waals surface area contributed by atoms with Crippen LogP contribution in [0.3, 0.4) is 0 Å². The molecule has 2 aromatic rings. The summed E-state index contributed by atoms with van der Waals surface area (Å²) >= 11 is 0. The molecule has 3 rings (SSSR count). The number of ketones is 1. The van der Waals surface area contributed by atoms with E-state index < -0.39 is 0 Å². The number of carbonyl (C=O) groups excluding carboxylic acids is 1. The number of benzene rings is 2. The maximum absolute atomic E-state index is 12.5. The molecule has 0 amide bonds. The predicted octanol–water partition coefficient (Wildman–Crippen LogP) is 5.63. The van der Waals surface area contributed by atoms with Crippen LogP contribution >= 0.6 is 0 Å². The molecule has 2 aromatic carbocycles. The first-order valence-corrected chi connectivity index (χ1v) is 8.32. The molecule has 1 nitrogen and oxygen atoms in total. The maximum atomic E-state index is 12.5. The zero-order valence-corrected chi connectivity index (χ0v) is 12.8. The number of hydrogen-bond donors (Lipinski definition) is 0. The van der Waals surface area contributed by atoms with E-state index in [-0.39, 0.29) is 0 Å². The highest BCUT2D eigenvalue weighted by Gasteiger charge is 2.42. The van der Waals surface area contributed by atoms with E-state index in [0.717, 1.165) is 12.0 Å². The van der Waals surface area contributed by atoms with E-state index in [9.17, 15) is 4.79 Å². The third-order valence-electron chi connectivity index (χ3n) is 4.72. The molecule has 1 heteroatoms. The largest absolute Gasteiger partial charge is 0.294 e. The van der Waals surface area contributed by atoms with Crippen LogP contribution in [0.15, 0.2) is 42.5 Å². The molecule has 0 heterocycles. The maximum Gasteiger partial charge on any atom is 0.166 e. The minimum absolute atomic E-state index is 0.299. The molecule has 0 spiro atoms. The van der Waals surface area contributed by atoms with Gasteiger partial charge in [-0.15, -0.1) is 0 Å². The Bertz CT molecular complexity index is 629. The quantitative estimate of drug-likeness (QED) is 0.474. The van der Waals surface area contributed by atoms with Crippen LogP contribution in [-0.2, 0) is 0 Å². The molecule has 110 valence electrons. The Hall–Kier alpha value is -1.63. The fraction of sp³-hybridized carbons (Fsp3) is 0.450. The third-order valence-corrected chi connectivity index (χ3v) is 4.72. The van der Waals surface area contributed by atoms with Gasteiger partial charge in [0.25, 0.3) is 0 Å². The van der Waals surface area contributed by atoms with Crippen molar-refractivity contribution in [1.29, 1.82) is 0 Å². The van der Waals surface area contributed by atoms with Crippen LogP contribution in [0.4, 0.5) is 0 Å². The molecule has 0 bridgehead atoms. The minimum atomic E-state index is 0.299. The van der Waals surface area contributed by atoms with Crippen LogP contribution in [-0.4, -0.2) is 5.78 Å². The van der Waals surface area contributed by atoms with Gasteiger partial charge in [-0.1, -0.05) is 69.0 Å². The summed E-state index contributed by atoms with van der Waals surface area (Å²) in [6.45, 7) is 2.24. The molecule has 0 unspecified atom stereocenters. The van der Waals surface area contributed by atoms with Crippen LogP contribution in [0.2, 0.25) is 0 Å². The van der Waals surface area contributed by atoms with Crippen LogP contribution in [0.25, 0.3) is 10.8 Å². The van der Waals surface area contributed by atoms with E-state index in [2.05, 4.69) is 31.2 Å². The normalized spacial score (nSPS) is 20.6. The van der Waals surface area contributed by atoms with Gasteiger partial charge in [-0.3, -0.25) is 4.79 Å². The molecular formula is C20H24O. The summed E-state index contributed by atoms with van der Waals surface area (Å²) < 4.78 is 0. The Morgan fingerprint density at radius 3 is 2.67 bits per heavy atom. The Morgan fingerprint density at radius 2 is 1.86 bits per heavy atom. The molecule has 0 aromatic heterocycles. The van der Waals surface area contributed by atoms with Crippen molar-refractivity contribution >= 4 is 16.6 Å². The number of carbonyl (C=O) groups is 1. The van der Waals surface area contributed by atoms with E-state index in [4.69, 9.17) is 0 Å². The number of Topliss-reactive ketones (excluding diaryl/α,β-unsaturated/α-hetero) is 1. The number of unbranched alkanes of at least 4 members (excludes halogenated alkanes) is 3. The Labute approximate surface area is 127 Å². The van der Waals surface area contributed by atoms with E-state index >= 15 is 0 Å². The third kappa shape index (κ3) is 3.34. The smallest absolute Gasteiger partial charge is 0.166 e. The molecule has 1 fully saturated rings. The molecule has 0 radical (unpaired) electrons. The van der Waals surface area contributed by atoms with Crippen molar-refractivity contribution in [3.63, 3.8) is 0 Å². The molecule has 1 aliphatic rings. The second-order valence-electron chi connectivity index (χ2n) is 6.38. The molecule has 0 aliphatic heterocycles. The van der Waals surface area contributed by atoms with Crippen molar-refractivity contribution in [3.8, 4) is 0 Å². The lowest BCUT2D eigenvalue weighted by Gasteiger charge is -2.03. The fourth-order valence-corrected chi connectivity index (χ4v) is 3.28.